The van der Waals surface area contributed by atoms with Crippen molar-refractivity contribution in [3.8, 4) is 5.75 Å². The summed E-state index contributed by atoms with van der Waals surface area (Å²) in [6.45, 7) is 9.02. The minimum atomic E-state index is 0.584. The molecule has 0 unspecified atom stereocenters. The maximum absolute atomic E-state index is 5.74. The fraction of sp³-hybridized carbons (Fsp3) is 0.600. The molecule has 3 nitrogen and oxygen atoms in total. The van der Waals surface area contributed by atoms with Crippen LogP contribution in [-0.2, 0) is 6.54 Å². The summed E-state index contributed by atoms with van der Waals surface area (Å²) in [6.07, 6.45) is 2.51. The number of unbranched alkanes of at least 4 members (excludes halogenated alkanes) is 1. The minimum absolute atomic E-state index is 0.584. The summed E-state index contributed by atoms with van der Waals surface area (Å²) >= 11 is 0. The number of likely N-dealkylation sites (N-methyl/N-ethyl adjacent to an activating group) is 1. The predicted molar refractivity (Wildman–Crippen MR) is 76.9 cm³/mol. The van der Waals surface area contributed by atoms with Gasteiger partial charge in [-0.2, -0.15) is 0 Å². The molecule has 0 aliphatic rings. The molecule has 102 valence electrons. The van der Waals surface area contributed by atoms with Crippen LogP contribution in [0.5, 0.6) is 5.75 Å². The molecule has 0 amide bonds. The first kappa shape index (κ1) is 15.0. The van der Waals surface area contributed by atoms with E-state index in [0.717, 1.165) is 31.0 Å². The predicted octanol–water partition coefficient (Wildman–Crippen LogP) is 2.65. The summed E-state index contributed by atoms with van der Waals surface area (Å²) < 4.78 is 5.74. The molecular weight excluding hydrogens is 224 g/mol. The first-order valence-electron chi connectivity index (χ1n) is 6.94. The third-order valence-corrected chi connectivity index (χ3v) is 3.11. The van der Waals surface area contributed by atoms with E-state index in [0.29, 0.717) is 6.54 Å². The summed E-state index contributed by atoms with van der Waals surface area (Å²) in [5.74, 6) is 0.929. The minimum Gasteiger partial charge on any atom is -0.492 e. The van der Waals surface area contributed by atoms with Crippen LogP contribution in [0.15, 0.2) is 24.3 Å². The number of hydrogen-bond acceptors (Lipinski definition) is 3. The normalized spacial score (nSPS) is 10.9. The van der Waals surface area contributed by atoms with Crippen LogP contribution >= 0.6 is 0 Å². The maximum Gasteiger partial charge on any atom is 0.119 e. The molecule has 1 aromatic rings. The number of nitrogens with two attached hydrogens (primary N) is 1. The van der Waals surface area contributed by atoms with E-state index in [1.165, 1.54) is 19.4 Å². The molecule has 0 fully saturated rings. The third-order valence-electron chi connectivity index (χ3n) is 3.11. The summed E-state index contributed by atoms with van der Waals surface area (Å²) in [7, 11) is 0. The second-order valence-electron chi connectivity index (χ2n) is 4.48. The van der Waals surface area contributed by atoms with E-state index in [2.05, 4.69) is 18.7 Å². The van der Waals surface area contributed by atoms with Crippen molar-refractivity contribution in [1.82, 2.24) is 4.90 Å². The molecule has 0 saturated heterocycles. The standard InChI is InChI=1S/C15H26N2O/c1-3-5-10-17(4-2)11-12-18-15-8-6-14(13-16)7-9-15/h6-9H,3-5,10-13,16H2,1-2H3. The van der Waals surface area contributed by atoms with Crippen LogP contribution < -0.4 is 10.5 Å². The fourth-order valence-electron chi connectivity index (χ4n) is 1.82. The van der Waals surface area contributed by atoms with Crippen molar-refractivity contribution in [1.29, 1.82) is 0 Å². The highest BCUT2D eigenvalue weighted by molar-refractivity contribution is 5.27. The smallest absolute Gasteiger partial charge is 0.119 e. The van der Waals surface area contributed by atoms with E-state index < -0.39 is 0 Å². The first-order valence-corrected chi connectivity index (χ1v) is 6.94. The van der Waals surface area contributed by atoms with Gasteiger partial charge in [0.25, 0.3) is 0 Å². The van der Waals surface area contributed by atoms with Crippen molar-refractivity contribution in [2.75, 3.05) is 26.2 Å². The van der Waals surface area contributed by atoms with Gasteiger partial charge >= 0.3 is 0 Å². The maximum atomic E-state index is 5.74. The van der Waals surface area contributed by atoms with Gasteiger partial charge in [-0.25, -0.2) is 0 Å². The van der Waals surface area contributed by atoms with Crippen LogP contribution in [0, 0.1) is 0 Å². The van der Waals surface area contributed by atoms with Gasteiger partial charge in [0, 0.05) is 13.1 Å². The molecule has 0 spiro atoms. The van der Waals surface area contributed by atoms with Gasteiger partial charge in [-0.3, -0.25) is 0 Å². The summed E-state index contributed by atoms with van der Waals surface area (Å²) in [5, 5.41) is 0. The highest BCUT2D eigenvalue weighted by atomic mass is 16.5. The van der Waals surface area contributed by atoms with Crippen LogP contribution in [0.25, 0.3) is 0 Å². The van der Waals surface area contributed by atoms with E-state index in [1.807, 2.05) is 24.3 Å². The Morgan fingerprint density at radius 1 is 1.11 bits per heavy atom. The monoisotopic (exact) mass is 250 g/mol. The Kier molecular flexibility index (Phi) is 7.46. The van der Waals surface area contributed by atoms with Gasteiger partial charge in [0.15, 0.2) is 0 Å². The van der Waals surface area contributed by atoms with Crippen LogP contribution in [0.3, 0.4) is 0 Å². The second-order valence-corrected chi connectivity index (χ2v) is 4.48. The SMILES string of the molecule is CCCCN(CC)CCOc1ccc(CN)cc1. The van der Waals surface area contributed by atoms with E-state index in [-0.39, 0.29) is 0 Å². The molecule has 0 saturated carbocycles. The Labute approximate surface area is 111 Å². The molecular formula is C15H26N2O. The van der Waals surface area contributed by atoms with Crippen molar-refractivity contribution in [2.24, 2.45) is 5.73 Å². The number of nitrogens with zero attached hydrogens (tertiary/aromatic N) is 1. The number of rotatable bonds is 9. The Balaban J connectivity index is 2.26. The van der Waals surface area contributed by atoms with Crippen LogP contribution in [0.1, 0.15) is 32.3 Å². The molecule has 0 bridgehead atoms. The lowest BCUT2D eigenvalue weighted by Gasteiger charge is -2.20. The highest BCUT2D eigenvalue weighted by Crippen LogP contribution is 2.11. The Morgan fingerprint density at radius 3 is 2.39 bits per heavy atom. The highest BCUT2D eigenvalue weighted by Gasteiger charge is 2.01. The van der Waals surface area contributed by atoms with Crippen LogP contribution in [-0.4, -0.2) is 31.1 Å². The molecule has 1 aromatic carbocycles. The summed E-state index contributed by atoms with van der Waals surface area (Å²) in [6, 6.07) is 8.02. The van der Waals surface area contributed by atoms with E-state index in [1.54, 1.807) is 0 Å². The van der Waals surface area contributed by atoms with Gasteiger partial charge in [0.2, 0.25) is 0 Å². The van der Waals surface area contributed by atoms with Crippen molar-refractivity contribution in [2.45, 2.75) is 33.2 Å². The summed E-state index contributed by atoms with van der Waals surface area (Å²) in [5.41, 5.74) is 6.70. The lowest BCUT2D eigenvalue weighted by Crippen LogP contribution is -2.29. The largest absolute Gasteiger partial charge is 0.492 e. The van der Waals surface area contributed by atoms with Crippen molar-refractivity contribution in [3.63, 3.8) is 0 Å². The van der Waals surface area contributed by atoms with Gasteiger partial charge < -0.3 is 15.4 Å². The van der Waals surface area contributed by atoms with E-state index in [4.69, 9.17) is 10.5 Å². The molecule has 0 heterocycles. The number of ether oxygens (including phenoxy) is 1. The lowest BCUT2D eigenvalue weighted by molar-refractivity contribution is 0.213. The fourth-order valence-corrected chi connectivity index (χ4v) is 1.82. The van der Waals surface area contributed by atoms with E-state index >= 15 is 0 Å². The van der Waals surface area contributed by atoms with Crippen LogP contribution in [0.4, 0.5) is 0 Å². The Bertz CT molecular complexity index is 311. The third kappa shape index (κ3) is 5.52. The Hall–Kier alpha value is -1.06. The quantitative estimate of drug-likeness (QED) is 0.732. The number of hydrogen-bond donors (Lipinski definition) is 1. The first-order chi connectivity index (χ1) is 8.80. The molecule has 0 aliphatic carbocycles. The van der Waals surface area contributed by atoms with E-state index in [9.17, 15) is 0 Å². The van der Waals surface area contributed by atoms with Gasteiger partial charge in [0.1, 0.15) is 12.4 Å². The molecule has 0 aliphatic heterocycles. The molecule has 0 radical (unpaired) electrons. The number of benzene rings is 1. The average Bonchev–Trinajstić information content (AvgIpc) is 2.43. The molecule has 1 rings (SSSR count). The molecule has 3 heteroatoms. The van der Waals surface area contributed by atoms with Crippen LogP contribution in [0.2, 0.25) is 0 Å². The van der Waals surface area contributed by atoms with Gasteiger partial charge in [-0.15, -0.1) is 0 Å². The molecule has 0 aromatic heterocycles. The second kappa shape index (κ2) is 8.95. The zero-order chi connectivity index (χ0) is 13.2. The van der Waals surface area contributed by atoms with Crippen molar-refractivity contribution < 1.29 is 4.74 Å². The zero-order valence-corrected chi connectivity index (χ0v) is 11.7. The molecule has 0 atom stereocenters. The zero-order valence-electron chi connectivity index (χ0n) is 11.7. The van der Waals surface area contributed by atoms with Crippen molar-refractivity contribution in [3.05, 3.63) is 29.8 Å². The van der Waals surface area contributed by atoms with Gasteiger partial charge in [0.05, 0.1) is 0 Å². The molecule has 2 N–H and O–H groups in total. The lowest BCUT2D eigenvalue weighted by atomic mass is 10.2. The molecule has 18 heavy (non-hydrogen) atoms. The van der Waals surface area contributed by atoms with Gasteiger partial charge in [-0.05, 0) is 37.2 Å². The van der Waals surface area contributed by atoms with Crippen molar-refractivity contribution >= 4 is 0 Å². The summed E-state index contributed by atoms with van der Waals surface area (Å²) in [4.78, 5) is 2.43. The van der Waals surface area contributed by atoms with Gasteiger partial charge in [-0.1, -0.05) is 32.4 Å². The Morgan fingerprint density at radius 2 is 1.83 bits per heavy atom. The topological polar surface area (TPSA) is 38.5 Å². The average molecular weight is 250 g/mol.